The Kier molecular flexibility index (Phi) is 7.05. The monoisotopic (exact) mass is 415 g/mol. The highest BCUT2D eigenvalue weighted by atomic mass is 32.2. The van der Waals surface area contributed by atoms with Gasteiger partial charge >= 0.3 is 0 Å². The smallest absolute Gasteiger partial charge is 0.243 e. The van der Waals surface area contributed by atoms with Crippen molar-refractivity contribution in [3.8, 4) is 0 Å². The lowest BCUT2D eigenvalue weighted by molar-refractivity contribution is -0.115. The highest BCUT2D eigenvalue weighted by Crippen LogP contribution is 2.23. The minimum absolute atomic E-state index is 0.0786. The first-order valence-electron chi connectivity index (χ1n) is 10.1. The van der Waals surface area contributed by atoms with Crippen LogP contribution >= 0.6 is 0 Å². The van der Waals surface area contributed by atoms with Crippen molar-refractivity contribution in [1.29, 1.82) is 0 Å². The zero-order valence-corrected chi connectivity index (χ0v) is 17.8. The molecule has 0 aromatic heterocycles. The Bertz CT molecular complexity index is 906. The van der Waals surface area contributed by atoms with Gasteiger partial charge in [0, 0.05) is 24.8 Å². The Morgan fingerprint density at radius 1 is 1.00 bits per heavy atom. The fraction of sp³-hybridized carbons (Fsp3) is 0.409. The maximum absolute atomic E-state index is 12.6. The first-order valence-corrected chi connectivity index (χ1v) is 11.5. The lowest BCUT2D eigenvalue weighted by Crippen LogP contribution is -2.33. The number of nitrogens with one attached hydrogen (secondary N) is 2. The molecule has 3 rings (SSSR count). The molecular weight excluding hydrogens is 386 g/mol. The van der Waals surface area contributed by atoms with Crippen LogP contribution in [0.1, 0.15) is 38.3 Å². The van der Waals surface area contributed by atoms with E-state index in [0.29, 0.717) is 24.7 Å². The van der Waals surface area contributed by atoms with E-state index < -0.39 is 10.0 Å². The number of carbonyl (C=O) groups excluding carboxylic acids is 1. The fourth-order valence-corrected chi connectivity index (χ4v) is 5.11. The van der Waals surface area contributed by atoms with Gasteiger partial charge < -0.3 is 10.6 Å². The van der Waals surface area contributed by atoms with Crippen LogP contribution in [-0.2, 0) is 14.8 Å². The van der Waals surface area contributed by atoms with E-state index >= 15 is 0 Å². The van der Waals surface area contributed by atoms with Gasteiger partial charge in [-0.2, -0.15) is 4.31 Å². The second-order valence-corrected chi connectivity index (χ2v) is 9.63. The Morgan fingerprint density at radius 3 is 2.21 bits per heavy atom. The van der Waals surface area contributed by atoms with Crippen molar-refractivity contribution in [1.82, 2.24) is 9.62 Å². The highest BCUT2D eigenvalue weighted by molar-refractivity contribution is 7.89. The molecule has 1 aliphatic heterocycles. The largest absolute Gasteiger partial charge is 0.325 e. The molecule has 1 amide bonds. The van der Waals surface area contributed by atoms with Gasteiger partial charge in [0.2, 0.25) is 15.9 Å². The second kappa shape index (κ2) is 9.52. The SMILES string of the molecule is CC(C)[C@@H](NCC(=O)Nc1ccc(S(=O)(=O)N2CCCC2)cc1)c1ccccc1. The number of sulfonamides is 1. The molecule has 1 atom stereocenters. The van der Waals surface area contributed by atoms with Crippen LogP contribution in [0.15, 0.2) is 59.5 Å². The summed E-state index contributed by atoms with van der Waals surface area (Å²) in [7, 11) is -3.44. The van der Waals surface area contributed by atoms with Crippen LogP contribution in [0.4, 0.5) is 5.69 Å². The maximum Gasteiger partial charge on any atom is 0.243 e. The van der Waals surface area contributed by atoms with Crippen LogP contribution in [0.5, 0.6) is 0 Å². The summed E-state index contributed by atoms with van der Waals surface area (Å²) in [6.07, 6.45) is 1.81. The minimum atomic E-state index is -3.44. The Labute approximate surface area is 173 Å². The summed E-state index contributed by atoms with van der Waals surface area (Å²) in [5.74, 6) is 0.169. The van der Waals surface area contributed by atoms with Crippen molar-refractivity contribution < 1.29 is 13.2 Å². The first-order chi connectivity index (χ1) is 13.9. The average Bonchev–Trinajstić information content (AvgIpc) is 3.25. The van der Waals surface area contributed by atoms with Crippen LogP contribution in [0, 0.1) is 5.92 Å². The van der Waals surface area contributed by atoms with Gasteiger partial charge in [0.25, 0.3) is 0 Å². The number of benzene rings is 2. The molecule has 29 heavy (non-hydrogen) atoms. The number of hydrogen-bond donors (Lipinski definition) is 2. The summed E-state index contributed by atoms with van der Waals surface area (Å²) in [4.78, 5) is 12.6. The molecule has 0 bridgehead atoms. The van der Waals surface area contributed by atoms with Gasteiger partial charge in [-0.15, -0.1) is 0 Å². The molecule has 1 aliphatic rings. The summed E-state index contributed by atoms with van der Waals surface area (Å²) in [6, 6.07) is 16.5. The second-order valence-electron chi connectivity index (χ2n) is 7.70. The van der Waals surface area contributed by atoms with E-state index in [0.717, 1.165) is 18.4 Å². The third kappa shape index (κ3) is 5.44. The molecule has 0 saturated carbocycles. The molecule has 2 aromatic carbocycles. The first kappa shape index (κ1) is 21.5. The van der Waals surface area contributed by atoms with Gasteiger partial charge in [-0.3, -0.25) is 4.79 Å². The summed E-state index contributed by atoms with van der Waals surface area (Å²) in [6.45, 7) is 5.55. The topological polar surface area (TPSA) is 78.5 Å². The fourth-order valence-electron chi connectivity index (χ4n) is 3.59. The molecule has 0 unspecified atom stereocenters. The number of rotatable bonds is 8. The standard InChI is InChI=1S/C22H29N3O3S/c1-17(2)22(18-8-4-3-5-9-18)23-16-21(26)24-19-10-12-20(13-11-19)29(27,28)25-14-6-7-15-25/h3-5,8-13,17,22-23H,6-7,14-16H2,1-2H3,(H,24,26)/t22-/m1/s1. The molecule has 2 aromatic rings. The quantitative estimate of drug-likeness (QED) is 0.693. The zero-order chi connectivity index (χ0) is 20.9. The van der Waals surface area contributed by atoms with E-state index in [1.54, 1.807) is 24.3 Å². The van der Waals surface area contributed by atoms with Gasteiger partial charge in [-0.25, -0.2) is 8.42 Å². The van der Waals surface area contributed by atoms with E-state index in [1.165, 1.54) is 4.31 Å². The molecule has 1 fully saturated rings. The summed E-state index contributed by atoms with van der Waals surface area (Å²) in [5.41, 5.74) is 1.73. The normalized spacial score (nSPS) is 16.1. The molecule has 0 radical (unpaired) electrons. The van der Waals surface area contributed by atoms with Crippen molar-refractivity contribution in [3.05, 3.63) is 60.2 Å². The predicted molar refractivity (Wildman–Crippen MR) is 115 cm³/mol. The lowest BCUT2D eigenvalue weighted by Gasteiger charge is -2.22. The van der Waals surface area contributed by atoms with Crippen LogP contribution in [0.3, 0.4) is 0 Å². The number of nitrogens with zero attached hydrogens (tertiary/aromatic N) is 1. The minimum Gasteiger partial charge on any atom is -0.325 e. The summed E-state index contributed by atoms with van der Waals surface area (Å²) >= 11 is 0. The average molecular weight is 416 g/mol. The van der Waals surface area contributed by atoms with E-state index in [2.05, 4.69) is 36.6 Å². The van der Waals surface area contributed by atoms with E-state index in [-0.39, 0.29) is 23.4 Å². The lowest BCUT2D eigenvalue weighted by atomic mass is 9.96. The highest BCUT2D eigenvalue weighted by Gasteiger charge is 2.27. The van der Waals surface area contributed by atoms with Crippen LogP contribution in [0.2, 0.25) is 0 Å². The van der Waals surface area contributed by atoms with E-state index in [1.807, 2.05) is 18.2 Å². The molecule has 1 saturated heterocycles. The Balaban J connectivity index is 1.58. The molecular formula is C22H29N3O3S. The van der Waals surface area contributed by atoms with Crippen LogP contribution in [0.25, 0.3) is 0 Å². The third-order valence-electron chi connectivity index (χ3n) is 5.15. The Hall–Kier alpha value is -2.22. The van der Waals surface area contributed by atoms with Crippen molar-refractivity contribution in [2.45, 2.75) is 37.6 Å². The molecule has 7 heteroatoms. The number of anilines is 1. The maximum atomic E-state index is 12.6. The molecule has 156 valence electrons. The molecule has 0 aliphatic carbocycles. The zero-order valence-electron chi connectivity index (χ0n) is 17.0. The Morgan fingerprint density at radius 2 is 1.62 bits per heavy atom. The van der Waals surface area contributed by atoms with Crippen molar-refractivity contribution in [2.75, 3.05) is 25.0 Å². The van der Waals surface area contributed by atoms with Gasteiger partial charge in [-0.05, 0) is 48.6 Å². The van der Waals surface area contributed by atoms with Gasteiger partial charge in [0.05, 0.1) is 11.4 Å². The van der Waals surface area contributed by atoms with Gasteiger partial charge in [0.1, 0.15) is 0 Å². The van der Waals surface area contributed by atoms with Crippen molar-refractivity contribution >= 4 is 21.6 Å². The number of hydrogen-bond acceptors (Lipinski definition) is 4. The molecule has 6 nitrogen and oxygen atoms in total. The van der Waals surface area contributed by atoms with Crippen molar-refractivity contribution in [3.63, 3.8) is 0 Å². The van der Waals surface area contributed by atoms with Gasteiger partial charge in [-0.1, -0.05) is 44.2 Å². The van der Waals surface area contributed by atoms with Crippen molar-refractivity contribution in [2.24, 2.45) is 5.92 Å². The third-order valence-corrected chi connectivity index (χ3v) is 7.06. The summed E-state index contributed by atoms with van der Waals surface area (Å²) in [5, 5.41) is 6.14. The van der Waals surface area contributed by atoms with Gasteiger partial charge in [0.15, 0.2) is 0 Å². The molecule has 1 heterocycles. The summed E-state index contributed by atoms with van der Waals surface area (Å²) < 4.78 is 26.7. The molecule has 0 spiro atoms. The number of carbonyl (C=O) groups is 1. The van der Waals surface area contributed by atoms with E-state index in [4.69, 9.17) is 0 Å². The van der Waals surface area contributed by atoms with Crippen LogP contribution < -0.4 is 10.6 Å². The van der Waals surface area contributed by atoms with Crippen LogP contribution in [-0.4, -0.2) is 38.3 Å². The number of amides is 1. The predicted octanol–water partition coefficient (Wildman–Crippen LogP) is 3.40. The van der Waals surface area contributed by atoms with E-state index in [9.17, 15) is 13.2 Å². The molecule has 2 N–H and O–H groups in total.